The summed E-state index contributed by atoms with van der Waals surface area (Å²) in [6.45, 7) is 4.42. The molecule has 4 heterocycles. The summed E-state index contributed by atoms with van der Waals surface area (Å²) in [4.78, 5) is 49.5. The minimum Gasteiger partial charge on any atom is -0.378 e. The van der Waals surface area contributed by atoms with Crippen molar-refractivity contribution in [1.29, 1.82) is 0 Å². The van der Waals surface area contributed by atoms with Crippen LogP contribution in [-0.4, -0.2) is 64.8 Å². The number of hydrogen-bond donors (Lipinski definition) is 3. The summed E-state index contributed by atoms with van der Waals surface area (Å²) in [6, 6.07) is 5.13. The van der Waals surface area contributed by atoms with Crippen LogP contribution in [0.4, 0.5) is 11.6 Å². The van der Waals surface area contributed by atoms with Gasteiger partial charge in [-0.2, -0.15) is 0 Å². The second-order valence-electron chi connectivity index (χ2n) is 8.21. The lowest BCUT2D eigenvalue weighted by atomic mass is 10.0. The molecule has 0 radical (unpaired) electrons. The summed E-state index contributed by atoms with van der Waals surface area (Å²) < 4.78 is 0. The molecule has 1 atom stereocenters. The average Bonchev–Trinajstić information content (AvgIpc) is 3.15. The average molecular weight is 435 g/mol. The summed E-state index contributed by atoms with van der Waals surface area (Å²) in [7, 11) is 0. The Kier molecular flexibility index (Phi) is 5.44. The normalized spacial score (nSPS) is 20.9. The summed E-state index contributed by atoms with van der Waals surface area (Å²) in [5, 5.41) is 8.95. The molecule has 0 saturated carbocycles. The highest BCUT2D eigenvalue weighted by Gasteiger charge is 2.39. The zero-order chi connectivity index (χ0) is 22.1. The van der Waals surface area contributed by atoms with Crippen LogP contribution >= 0.6 is 0 Å². The Bertz CT molecular complexity index is 1050. The number of nitrogens with zero attached hydrogens (tertiary/aromatic N) is 4. The first-order chi connectivity index (χ1) is 15.6. The van der Waals surface area contributed by atoms with Gasteiger partial charge in [-0.1, -0.05) is 18.2 Å². The van der Waals surface area contributed by atoms with E-state index in [0.29, 0.717) is 31.0 Å². The molecule has 0 spiro atoms. The van der Waals surface area contributed by atoms with Crippen LogP contribution in [-0.2, 0) is 22.7 Å². The summed E-state index contributed by atoms with van der Waals surface area (Å²) >= 11 is 0. The summed E-state index contributed by atoms with van der Waals surface area (Å²) in [5.41, 5.74) is 3.15. The van der Waals surface area contributed by atoms with Crippen LogP contribution in [0, 0.1) is 0 Å². The molecule has 3 aliphatic heterocycles. The molecule has 1 aromatic heterocycles. The molecule has 1 aromatic carbocycles. The van der Waals surface area contributed by atoms with E-state index in [9.17, 15) is 14.4 Å². The van der Waals surface area contributed by atoms with Gasteiger partial charge in [-0.05, 0) is 17.5 Å². The van der Waals surface area contributed by atoms with Crippen molar-refractivity contribution in [2.24, 2.45) is 0 Å². The van der Waals surface area contributed by atoms with Crippen molar-refractivity contribution in [3.05, 3.63) is 47.3 Å². The Morgan fingerprint density at radius 1 is 1.09 bits per heavy atom. The van der Waals surface area contributed by atoms with Gasteiger partial charge in [0.25, 0.3) is 5.91 Å². The number of amides is 3. The van der Waals surface area contributed by atoms with Gasteiger partial charge in [0.2, 0.25) is 17.8 Å². The molecule has 0 bridgehead atoms. The third-order valence-corrected chi connectivity index (χ3v) is 6.16. The number of piperazine rings is 1. The zero-order valence-electron chi connectivity index (χ0n) is 17.6. The second-order valence-corrected chi connectivity index (χ2v) is 8.21. The van der Waals surface area contributed by atoms with Crippen LogP contribution in [0.2, 0.25) is 0 Å². The maximum atomic E-state index is 13.2. The maximum absolute atomic E-state index is 13.2. The van der Waals surface area contributed by atoms with Crippen LogP contribution in [0.15, 0.2) is 30.6 Å². The lowest BCUT2D eigenvalue weighted by Gasteiger charge is -2.29. The Labute approximate surface area is 185 Å². The Hall–Kier alpha value is -3.53. The van der Waals surface area contributed by atoms with Crippen molar-refractivity contribution in [2.45, 2.75) is 32.0 Å². The van der Waals surface area contributed by atoms with Gasteiger partial charge in [-0.15, -0.1) is 0 Å². The van der Waals surface area contributed by atoms with Gasteiger partial charge in [0.15, 0.2) is 0 Å². The lowest BCUT2D eigenvalue weighted by Crippen LogP contribution is -2.52. The molecule has 3 aliphatic rings. The van der Waals surface area contributed by atoms with E-state index in [-0.39, 0.29) is 18.2 Å². The maximum Gasteiger partial charge on any atom is 0.255 e. The van der Waals surface area contributed by atoms with Crippen molar-refractivity contribution in [2.75, 3.05) is 36.4 Å². The van der Waals surface area contributed by atoms with E-state index >= 15 is 0 Å². The SMILES string of the molecule is O=C1CCC(N2Cc3cccc(CNc4cnc(N5CCNCC5)nc4)c3C2=O)C(=O)N1. The van der Waals surface area contributed by atoms with E-state index in [1.54, 1.807) is 17.3 Å². The monoisotopic (exact) mass is 435 g/mol. The summed E-state index contributed by atoms with van der Waals surface area (Å²) in [5.74, 6) is -0.140. The number of hydrogen-bond acceptors (Lipinski definition) is 8. The van der Waals surface area contributed by atoms with Gasteiger partial charge in [-0.25, -0.2) is 9.97 Å². The molecule has 0 aliphatic carbocycles. The Morgan fingerprint density at radius 2 is 1.88 bits per heavy atom. The van der Waals surface area contributed by atoms with Gasteiger partial charge < -0.3 is 20.4 Å². The molecule has 10 heteroatoms. The van der Waals surface area contributed by atoms with Crippen molar-refractivity contribution >= 4 is 29.4 Å². The molecule has 3 N–H and O–H groups in total. The van der Waals surface area contributed by atoms with Gasteiger partial charge in [0, 0.05) is 51.3 Å². The molecule has 2 aromatic rings. The molecule has 2 fully saturated rings. The minimum absolute atomic E-state index is 0.169. The van der Waals surface area contributed by atoms with E-state index in [2.05, 4.69) is 30.8 Å². The van der Waals surface area contributed by atoms with Crippen LogP contribution < -0.4 is 20.9 Å². The van der Waals surface area contributed by atoms with E-state index in [1.165, 1.54) is 0 Å². The van der Waals surface area contributed by atoms with E-state index in [0.717, 1.165) is 43.0 Å². The number of rotatable bonds is 5. The zero-order valence-corrected chi connectivity index (χ0v) is 17.6. The summed E-state index contributed by atoms with van der Waals surface area (Å²) in [6.07, 6.45) is 4.11. The molecule has 1 unspecified atom stereocenters. The third-order valence-electron chi connectivity index (χ3n) is 6.16. The van der Waals surface area contributed by atoms with E-state index < -0.39 is 11.9 Å². The van der Waals surface area contributed by atoms with Crippen LogP contribution in [0.5, 0.6) is 0 Å². The number of benzene rings is 1. The standard InChI is InChI=1S/C22H25N7O3/c30-18-5-4-17(20(31)27-18)29-13-15-3-1-2-14(19(15)21(29)32)10-24-16-11-25-22(26-12-16)28-8-6-23-7-9-28/h1-3,11-12,17,23-24H,4-10,13H2,(H,27,30,31). The highest BCUT2D eigenvalue weighted by molar-refractivity contribution is 6.06. The fourth-order valence-electron chi connectivity index (χ4n) is 4.48. The quantitative estimate of drug-likeness (QED) is 0.572. The first-order valence-corrected chi connectivity index (χ1v) is 10.9. The minimum atomic E-state index is -0.612. The van der Waals surface area contributed by atoms with Crippen molar-refractivity contribution in [3.8, 4) is 0 Å². The predicted octanol–water partition coefficient (Wildman–Crippen LogP) is 0.259. The smallest absolute Gasteiger partial charge is 0.255 e. The van der Waals surface area contributed by atoms with Crippen molar-refractivity contribution < 1.29 is 14.4 Å². The number of fused-ring (bicyclic) bond motifs is 1. The molecule has 5 rings (SSSR count). The number of carbonyl (C=O) groups excluding carboxylic acids is 3. The molecule has 32 heavy (non-hydrogen) atoms. The van der Waals surface area contributed by atoms with Gasteiger partial charge in [-0.3, -0.25) is 19.7 Å². The first-order valence-electron chi connectivity index (χ1n) is 10.9. The third kappa shape index (κ3) is 3.89. The number of anilines is 2. The van der Waals surface area contributed by atoms with Crippen molar-refractivity contribution in [1.82, 2.24) is 25.5 Å². The number of carbonyl (C=O) groups is 3. The molecular weight excluding hydrogens is 410 g/mol. The predicted molar refractivity (Wildman–Crippen MR) is 117 cm³/mol. The highest BCUT2D eigenvalue weighted by Crippen LogP contribution is 2.30. The first kappa shape index (κ1) is 20.4. The van der Waals surface area contributed by atoms with E-state index in [1.807, 2.05) is 18.2 Å². The van der Waals surface area contributed by atoms with Crippen LogP contribution in [0.1, 0.15) is 34.3 Å². The Morgan fingerprint density at radius 3 is 2.62 bits per heavy atom. The molecule has 2 saturated heterocycles. The van der Waals surface area contributed by atoms with Crippen molar-refractivity contribution in [3.63, 3.8) is 0 Å². The van der Waals surface area contributed by atoms with Gasteiger partial charge >= 0.3 is 0 Å². The molecular formula is C22H25N7O3. The Balaban J connectivity index is 1.27. The van der Waals surface area contributed by atoms with Gasteiger partial charge in [0.1, 0.15) is 6.04 Å². The largest absolute Gasteiger partial charge is 0.378 e. The van der Waals surface area contributed by atoms with Gasteiger partial charge in [0.05, 0.1) is 18.1 Å². The highest BCUT2D eigenvalue weighted by atomic mass is 16.2. The molecule has 166 valence electrons. The lowest BCUT2D eigenvalue weighted by molar-refractivity contribution is -0.136. The second kappa shape index (κ2) is 8.54. The van der Waals surface area contributed by atoms with Crippen LogP contribution in [0.25, 0.3) is 0 Å². The molecule has 3 amide bonds. The number of aromatic nitrogens is 2. The fraction of sp³-hybridized carbons (Fsp3) is 0.409. The number of nitrogens with one attached hydrogen (secondary N) is 3. The number of imide groups is 1. The number of piperidine rings is 1. The van der Waals surface area contributed by atoms with Crippen LogP contribution in [0.3, 0.4) is 0 Å². The fourth-order valence-corrected chi connectivity index (χ4v) is 4.48. The van der Waals surface area contributed by atoms with E-state index in [4.69, 9.17) is 0 Å². The molecule has 10 nitrogen and oxygen atoms in total. The topological polar surface area (TPSA) is 120 Å².